The summed E-state index contributed by atoms with van der Waals surface area (Å²) in [6.07, 6.45) is 0.135. The van der Waals surface area contributed by atoms with Crippen LogP contribution in [-0.4, -0.2) is 54.1 Å². The van der Waals surface area contributed by atoms with Gasteiger partial charge in [0.2, 0.25) is 0 Å². The quantitative estimate of drug-likeness (QED) is 0.793. The van der Waals surface area contributed by atoms with Crippen molar-refractivity contribution in [3.8, 4) is 0 Å². The van der Waals surface area contributed by atoms with Crippen LogP contribution in [0.4, 0.5) is 0 Å². The molecule has 0 aromatic heterocycles. The monoisotopic (exact) mass is 278 g/mol. The van der Waals surface area contributed by atoms with Gasteiger partial charge < -0.3 is 10.0 Å². The van der Waals surface area contributed by atoms with E-state index in [2.05, 4.69) is 23.6 Å². The first-order valence-electron chi connectivity index (χ1n) is 7.12. The Morgan fingerprint density at radius 2 is 1.85 bits per heavy atom. The highest BCUT2D eigenvalue weighted by atomic mass is 16.4. The van der Waals surface area contributed by atoms with E-state index in [1.165, 1.54) is 0 Å². The first kappa shape index (κ1) is 16.7. The Morgan fingerprint density at radius 3 is 2.30 bits per heavy atom. The number of nitrogens with zero attached hydrogens (tertiary/aromatic N) is 2. The molecule has 1 aromatic carbocycles. The van der Waals surface area contributed by atoms with E-state index in [0.29, 0.717) is 6.04 Å². The lowest BCUT2D eigenvalue weighted by Crippen LogP contribution is -2.42. The van der Waals surface area contributed by atoms with Crippen molar-refractivity contribution >= 4 is 5.97 Å². The molecule has 4 heteroatoms. The third kappa shape index (κ3) is 4.94. The number of carboxylic acid groups (broad SMARTS) is 1. The van der Waals surface area contributed by atoms with Gasteiger partial charge in [-0.2, -0.15) is 0 Å². The standard InChI is InChI=1S/C16H26N2O2/c1-5-18(13(2)12-17(3)4)15(11-16(19)20)14-9-7-6-8-10-14/h6-10,13,15H,5,11-12H2,1-4H3,(H,19,20). The van der Waals surface area contributed by atoms with Crippen LogP contribution in [0, 0.1) is 0 Å². The summed E-state index contributed by atoms with van der Waals surface area (Å²) < 4.78 is 0. The highest BCUT2D eigenvalue weighted by molar-refractivity contribution is 5.68. The summed E-state index contributed by atoms with van der Waals surface area (Å²) in [5.41, 5.74) is 1.07. The molecule has 2 atom stereocenters. The Bertz CT molecular complexity index is 406. The Morgan fingerprint density at radius 1 is 1.25 bits per heavy atom. The minimum Gasteiger partial charge on any atom is -0.481 e. The second-order valence-corrected chi connectivity index (χ2v) is 5.47. The number of benzene rings is 1. The van der Waals surface area contributed by atoms with E-state index in [9.17, 15) is 9.90 Å². The summed E-state index contributed by atoms with van der Waals surface area (Å²) in [4.78, 5) is 15.6. The van der Waals surface area contributed by atoms with Crippen LogP contribution in [0.1, 0.15) is 31.9 Å². The number of rotatable bonds is 8. The predicted octanol–water partition coefficient (Wildman–Crippen LogP) is 2.47. The van der Waals surface area contributed by atoms with Crippen molar-refractivity contribution in [3.63, 3.8) is 0 Å². The fourth-order valence-electron chi connectivity index (χ4n) is 2.74. The summed E-state index contributed by atoms with van der Waals surface area (Å²) in [6, 6.07) is 10.1. The van der Waals surface area contributed by atoms with Crippen LogP contribution in [0.25, 0.3) is 0 Å². The molecule has 0 aliphatic carbocycles. The Balaban J connectivity index is 2.98. The third-order valence-corrected chi connectivity index (χ3v) is 3.51. The van der Waals surface area contributed by atoms with Gasteiger partial charge in [-0.25, -0.2) is 0 Å². The van der Waals surface area contributed by atoms with E-state index in [1.54, 1.807) is 0 Å². The molecule has 0 heterocycles. The predicted molar refractivity (Wildman–Crippen MR) is 81.8 cm³/mol. The zero-order chi connectivity index (χ0) is 15.1. The van der Waals surface area contributed by atoms with Gasteiger partial charge in [0.15, 0.2) is 0 Å². The summed E-state index contributed by atoms with van der Waals surface area (Å²) in [5, 5.41) is 9.22. The van der Waals surface area contributed by atoms with E-state index in [4.69, 9.17) is 0 Å². The lowest BCUT2D eigenvalue weighted by atomic mass is 10.00. The fourth-order valence-corrected chi connectivity index (χ4v) is 2.74. The van der Waals surface area contributed by atoms with Crippen molar-refractivity contribution in [1.82, 2.24) is 9.80 Å². The second-order valence-electron chi connectivity index (χ2n) is 5.47. The molecule has 4 nitrogen and oxygen atoms in total. The molecule has 0 saturated heterocycles. The van der Waals surface area contributed by atoms with E-state index in [1.807, 2.05) is 44.4 Å². The van der Waals surface area contributed by atoms with Gasteiger partial charge in [-0.1, -0.05) is 37.3 Å². The maximum Gasteiger partial charge on any atom is 0.305 e. The average Bonchev–Trinajstić information content (AvgIpc) is 2.38. The van der Waals surface area contributed by atoms with E-state index in [0.717, 1.165) is 18.7 Å². The van der Waals surface area contributed by atoms with Crippen molar-refractivity contribution in [3.05, 3.63) is 35.9 Å². The van der Waals surface area contributed by atoms with E-state index >= 15 is 0 Å². The highest BCUT2D eigenvalue weighted by Gasteiger charge is 2.26. The zero-order valence-electron chi connectivity index (χ0n) is 12.9. The average molecular weight is 278 g/mol. The first-order chi connectivity index (χ1) is 9.45. The van der Waals surface area contributed by atoms with Gasteiger partial charge in [-0.15, -0.1) is 0 Å². The van der Waals surface area contributed by atoms with Crippen molar-refractivity contribution in [2.24, 2.45) is 0 Å². The van der Waals surface area contributed by atoms with Gasteiger partial charge in [0.1, 0.15) is 0 Å². The molecule has 0 fully saturated rings. The molecule has 2 unspecified atom stereocenters. The number of carbonyl (C=O) groups is 1. The first-order valence-corrected chi connectivity index (χ1v) is 7.12. The van der Waals surface area contributed by atoms with Crippen LogP contribution < -0.4 is 0 Å². The SMILES string of the molecule is CCN(C(C)CN(C)C)C(CC(=O)O)c1ccccc1. The molecule has 0 amide bonds. The summed E-state index contributed by atoms with van der Waals surface area (Å²) in [7, 11) is 4.08. The van der Waals surface area contributed by atoms with Gasteiger partial charge in [0.05, 0.1) is 6.42 Å². The topological polar surface area (TPSA) is 43.8 Å². The lowest BCUT2D eigenvalue weighted by molar-refractivity contribution is -0.138. The number of carboxylic acids is 1. The molecule has 0 aliphatic heterocycles. The van der Waals surface area contributed by atoms with Crippen LogP contribution in [0.3, 0.4) is 0 Å². The maximum absolute atomic E-state index is 11.2. The van der Waals surface area contributed by atoms with Crippen LogP contribution >= 0.6 is 0 Å². The molecule has 20 heavy (non-hydrogen) atoms. The molecule has 0 saturated carbocycles. The molecule has 0 aliphatic rings. The van der Waals surface area contributed by atoms with Gasteiger partial charge in [0, 0.05) is 18.6 Å². The van der Waals surface area contributed by atoms with E-state index in [-0.39, 0.29) is 12.5 Å². The molecule has 1 rings (SSSR count). The van der Waals surface area contributed by atoms with Crippen molar-refractivity contribution in [2.45, 2.75) is 32.4 Å². The number of likely N-dealkylation sites (N-methyl/N-ethyl adjacent to an activating group) is 2. The molecule has 0 radical (unpaired) electrons. The zero-order valence-corrected chi connectivity index (χ0v) is 12.9. The summed E-state index contributed by atoms with van der Waals surface area (Å²) >= 11 is 0. The minimum atomic E-state index is -0.755. The normalized spacial score (nSPS) is 14.5. The molecule has 1 N–H and O–H groups in total. The number of hydrogen-bond donors (Lipinski definition) is 1. The molecular weight excluding hydrogens is 252 g/mol. The Hall–Kier alpha value is -1.39. The largest absolute Gasteiger partial charge is 0.481 e. The van der Waals surface area contributed by atoms with Gasteiger partial charge in [-0.3, -0.25) is 9.69 Å². The third-order valence-electron chi connectivity index (χ3n) is 3.51. The molecule has 112 valence electrons. The van der Waals surface area contributed by atoms with E-state index < -0.39 is 5.97 Å². The van der Waals surface area contributed by atoms with Gasteiger partial charge in [0.25, 0.3) is 0 Å². The van der Waals surface area contributed by atoms with Gasteiger partial charge >= 0.3 is 5.97 Å². The van der Waals surface area contributed by atoms with Crippen LogP contribution in [-0.2, 0) is 4.79 Å². The maximum atomic E-state index is 11.2. The molecular formula is C16H26N2O2. The molecule has 0 spiro atoms. The van der Waals surface area contributed by atoms with Crippen LogP contribution in [0.15, 0.2) is 30.3 Å². The molecule has 0 bridgehead atoms. The summed E-state index contributed by atoms with van der Waals surface area (Å²) in [6.45, 7) is 5.99. The van der Waals surface area contributed by atoms with Crippen molar-refractivity contribution < 1.29 is 9.90 Å². The number of hydrogen-bond acceptors (Lipinski definition) is 3. The van der Waals surface area contributed by atoms with Gasteiger partial charge in [-0.05, 0) is 33.1 Å². The fraction of sp³-hybridized carbons (Fsp3) is 0.562. The lowest BCUT2D eigenvalue weighted by Gasteiger charge is -2.36. The van der Waals surface area contributed by atoms with Crippen molar-refractivity contribution in [1.29, 1.82) is 0 Å². The Kier molecular flexibility index (Phi) is 6.68. The smallest absolute Gasteiger partial charge is 0.305 e. The molecule has 1 aromatic rings. The number of aliphatic carboxylic acids is 1. The van der Waals surface area contributed by atoms with Crippen LogP contribution in [0.5, 0.6) is 0 Å². The van der Waals surface area contributed by atoms with Crippen molar-refractivity contribution in [2.75, 3.05) is 27.2 Å². The minimum absolute atomic E-state index is 0.0753. The van der Waals surface area contributed by atoms with Crippen LogP contribution in [0.2, 0.25) is 0 Å². The second kappa shape index (κ2) is 8.02. The summed E-state index contributed by atoms with van der Waals surface area (Å²) in [5.74, 6) is -0.755. The highest BCUT2D eigenvalue weighted by Crippen LogP contribution is 2.26. The Labute approximate surface area is 122 Å².